The van der Waals surface area contributed by atoms with Crippen molar-refractivity contribution in [3.8, 4) is 0 Å². The van der Waals surface area contributed by atoms with E-state index in [2.05, 4.69) is 15.9 Å². The van der Waals surface area contributed by atoms with Crippen molar-refractivity contribution in [1.29, 1.82) is 0 Å². The Labute approximate surface area is 94.6 Å². The smallest absolute Gasteiger partial charge is 0.264 e. The van der Waals surface area contributed by atoms with Crippen molar-refractivity contribution in [2.24, 2.45) is 0 Å². The lowest BCUT2D eigenvalue weighted by Gasteiger charge is -2.04. The van der Waals surface area contributed by atoms with Gasteiger partial charge in [0.2, 0.25) is 11.6 Å². The second-order valence-electron chi connectivity index (χ2n) is 3.41. The maximum absolute atomic E-state index is 11.3. The summed E-state index contributed by atoms with van der Waals surface area (Å²) in [5.74, 6) is -2.11. The highest BCUT2D eigenvalue weighted by Crippen LogP contribution is 2.24. The molecule has 0 unspecified atom stereocenters. The van der Waals surface area contributed by atoms with E-state index in [1.165, 1.54) is 0 Å². The van der Waals surface area contributed by atoms with E-state index in [9.17, 15) is 14.4 Å². The fourth-order valence-corrected chi connectivity index (χ4v) is 2.16. The Morgan fingerprint density at radius 2 is 1.67 bits per heavy atom. The minimum atomic E-state index is -0.877. The molecular weight excluding hydrogens is 260 g/mol. The van der Waals surface area contributed by atoms with Gasteiger partial charge >= 0.3 is 0 Å². The van der Waals surface area contributed by atoms with Crippen LogP contribution in [0.5, 0.6) is 0 Å². The lowest BCUT2D eigenvalue weighted by atomic mass is 10.0. The van der Waals surface area contributed by atoms with Gasteiger partial charge in [-0.1, -0.05) is 28.1 Å². The number of benzene rings is 1. The molecule has 0 N–H and O–H groups in total. The number of ketones is 3. The summed E-state index contributed by atoms with van der Waals surface area (Å²) in [4.78, 5) is 33.9. The Kier molecular flexibility index (Phi) is 2.52. The molecule has 0 amide bonds. The predicted octanol–water partition coefficient (Wildman–Crippen LogP) is 1.25. The van der Waals surface area contributed by atoms with Crippen molar-refractivity contribution in [3.63, 3.8) is 0 Å². The fraction of sp³-hybridized carbons (Fsp3) is 0.182. The minimum absolute atomic E-state index is 0.0152. The van der Waals surface area contributed by atoms with E-state index in [0.717, 1.165) is 15.6 Å². The molecule has 1 aromatic rings. The van der Waals surface area contributed by atoms with E-state index in [1.807, 2.05) is 0 Å². The van der Waals surface area contributed by atoms with E-state index in [4.69, 9.17) is 0 Å². The van der Waals surface area contributed by atoms with Gasteiger partial charge in [0.25, 0.3) is 5.78 Å². The Morgan fingerprint density at radius 3 is 2.40 bits per heavy atom. The number of fused-ring (bicyclic) bond motifs is 1. The minimum Gasteiger partial charge on any atom is -0.290 e. The molecule has 0 radical (unpaired) electrons. The summed E-state index contributed by atoms with van der Waals surface area (Å²) >= 11 is 3.31. The van der Waals surface area contributed by atoms with E-state index in [-0.39, 0.29) is 12.8 Å². The average molecular weight is 267 g/mol. The van der Waals surface area contributed by atoms with Crippen LogP contribution in [-0.4, -0.2) is 17.3 Å². The maximum atomic E-state index is 11.3. The first-order chi connectivity index (χ1) is 7.09. The average Bonchev–Trinajstić information content (AvgIpc) is 2.30. The number of carbonyl (C=O) groups is 3. The zero-order chi connectivity index (χ0) is 11.0. The lowest BCUT2D eigenvalue weighted by molar-refractivity contribution is -0.143. The van der Waals surface area contributed by atoms with Crippen molar-refractivity contribution in [1.82, 2.24) is 0 Å². The first-order valence-corrected chi connectivity index (χ1v) is 5.25. The van der Waals surface area contributed by atoms with E-state index >= 15 is 0 Å². The molecule has 0 atom stereocenters. The van der Waals surface area contributed by atoms with Crippen LogP contribution >= 0.6 is 15.9 Å². The second-order valence-corrected chi connectivity index (χ2v) is 4.26. The number of rotatable bonds is 0. The highest BCUT2D eigenvalue weighted by atomic mass is 79.9. The van der Waals surface area contributed by atoms with Crippen molar-refractivity contribution < 1.29 is 14.4 Å². The standard InChI is InChI=1S/C11H7BrO3/c12-8-3-1-2-6-4-9(13)11(15)10(14)5-7(6)8/h1-3H,4-5H2. The molecule has 4 heteroatoms. The monoisotopic (exact) mass is 266 g/mol. The summed E-state index contributed by atoms with van der Waals surface area (Å²) in [6, 6.07) is 5.35. The Balaban J connectivity index is 2.56. The van der Waals surface area contributed by atoms with Gasteiger partial charge in [-0.3, -0.25) is 14.4 Å². The van der Waals surface area contributed by atoms with Crippen LogP contribution in [0.3, 0.4) is 0 Å². The van der Waals surface area contributed by atoms with Crippen molar-refractivity contribution in [3.05, 3.63) is 33.8 Å². The highest BCUT2D eigenvalue weighted by molar-refractivity contribution is 9.10. The summed E-state index contributed by atoms with van der Waals surface area (Å²) in [6.45, 7) is 0. The van der Waals surface area contributed by atoms with Gasteiger partial charge in [-0.2, -0.15) is 0 Å². The third-order valence-electron chi connectivity index (χ3n) is 2.41. The summed E-state index contributed by atoms with van der Waals surface area (Å²) in [7, 11) is 0. The van der Waals surface area contributed by atoms with Gasteiger partial charge in [-0.25, -0.2) is 0 Å². The molecule has 1 aliphatic rings. The zero-order valence-corrected chi connectivity index (χ0v) is 9.33. The first kappa shape index (κ1) is 10.2. The molecule has 0 saturated carbocycles. The van der Waals surface area contributed by atoms with Crippen LogP contribution in [0, 0.1) is 0 Å². The second kappa shape index (κ2) is 3.70. The van der Waals surface area contributed by atoms with Crippen LogP contribution < -0.4 is 0 Å². The SMILES string of the molecule is O=C1Cc2cccc(Br)c2CC(=O)C1=O. The summed E-state index contributed by atoms with van der Waals surface area (Å²) in [5.41, 5.74) is 1.51. The topological polar surface area (TPSA) is 51.2 Å². The predicted molar refractivity (Wildman–Crippen MR) is 56.6 cm³/mol. The molecule has 15 heavy (non-hydrogen) atoms. The molecule has 0 bridgehead atoms. The largest absolute Gasteiger partial charge is 0.290 e. The van der Waals surface area contributed by atoms with E-state index < -0.39 is 17.3 Å². The third kappa shape index (κ3) is 1.77. The van der Waals surface area contributed by atoms with Crippen LogP contribution in [0.15, 0.2) is 22.7 Å². The number of hydrogen-bond acceptors (Lipinski definition) is 3. The molecule has 0 saturated heterocycles. The molecule has 1 aromatic carbocycles. The summed E-state index contributed by atoms with van der Waals surface area (Å²) in [5, 5.41) is 0. The van der Waals surface area contributed by atoms with Crippen LogP contribution in [0.1, 0.15) is 11.1 Å². The Morgan fingerprint density at radius 1 is 1.00 bits per heavy atom. The van der Waals surface area contributed by atoms with E-state index in [1.54, 1.807) is 18.2 Å². The van der Waals surface area contributed by atoms with Crippen LogP contribution in [-0.2, 0) is 27.2 Å². The maximum Gasteiger partial charge on any atom is 0.264 e. The van der Waals surface area contributed by atoms with Crippen molar-refractivity contribution >= 4 is 33.3 Å². The van der Waals surface area contributed by atoms with Gasteiger partial charge in [0, 0.05) is 17.3 Å². The molecular formula is C11H7BrO3. The van der Waals surface area contributed by atoms with Gasteiger partial charge in [0.15, 0.2) is 0 Å². The molecule has 76 valence electrons. The molecule has 2 rings (SSSR count). The normalized spacial score (nSPS) is 16.2. The number of halogens is 1. The van der Waals surface area contributed by atoms with Crippen LogP contribution in [0.4, 0.5) is 0 Å². The van der Waals surface area contributed by atoms with Gasteiger partial charge < -0.3 is 0 Å². The molecule has 1 aliphatic carbocycles. The van der Waals surface area contributed by atoms with Gasteiger partial charge in [0.05, 0.1) is 0 Å². The number of carbonyl (C=O) groups excluding carboxylic acids is 3. The number of Topliss-reactive ketones (excluding diaryl/α,β-unsaturated/α-hetero) is 3. The van der Waals surface area contributed by atoms with Crippen LogP contribution in [0.2, 0.25) is 0 Å². The van der Waals surface area contributed by atoms with Gasteiger partial charge in [-0.15, -0.1) is 0 Å². The Bertz CT molecular complexity index is 477. The van der Waals surface area contributed by atoms with Gasteiger partial charge in [-0.05, 0) is 17.2 Å². The molecule has 0 aliphatic heterocycles. The van der Waals surface area contributed by atoms with Crippen molar-refractivity contribution in [2.45, 2.75) is 12.8 Å². The fourth-order valence-electron chi connectivity index (χ4n) is 1.62. The first-order valence-electron chi connectivity index (χ1n) is 4.46. The molecule has 3 nitrogen and oxygen atoms in total. The highest BCUT2D eigenvalue weighted by Gasteiger charge is 2.28. The summed E-state index contributed by atoms with van der Waals surface area (Å²) in [6.07, 6.45) is 0.0423. The lowest BCUT2D eigenvalue weighted by Crippen LogP contribution is -2.23. The third-order valence-corrected chi connectivity index (χ3v) is 3.15. The quantitative estimate of drug-likeness (QED) is 0.525. The summed E-state index contributed by atoms with van der Waals surface area (Å²) < 4.78 is 0.774. The zero-order valence-electron chi connectivity index (χ0n) is 7.75. The van der Waals surface area contributed by atoms with Crippen molar-refractivity contribution in [2.75, 3.05) is 0 Å². The van der Waals surface area contributed by atoms with Gasteiger partial charge in [0.1, 0.15) is 0 Å². The van der Waals surface area contributed by atoms with E-state index in [0.29, 0.717) is 0 Å². The molecule has 0 fully saturated rings. The van der Waals surface area contributed by atoms with Crippen LogP contribution in [0.25, 0.3) is 0 Å². The molecule has 0 heterocycles. The molecule has 0 aromatic heterocycles. The number of hydrogen-bond donors (Lipinski definition) is 0. The molecule has 0 spiro atoms. The Hall–Kier alpha value is -1.29.